The van der Waals surface area contributed by atoms with Crippen LogP contribution in [0.5, 0.6) is 0 Å². The summed E-state index contributed by atoms with van der Waals surface area (Å²) < 4.78 is 5.09. The molecule has 0 fully saturated rings. The third kappa shape index (κ3) is 3.14. The van der Waals surface area contributed by atoms with Crippen LogP contribution >= 0.6 is 0 Å². The molecule has 4 rings (SSSR count). The van der Waals surface area contributed by atoms with Crippen molar-refractivity contribution in [2.45, 2.75) is 44.8 Å². The molecule has 0 spiro atoms. The smallest absolute Gasteiger partial charge is 0.345 e. The third-order valence-corrected chi connectivity index (χ3v) is 4.97. The van der Waals surface area contributed by atoms with Crippen molar-refractivity contribution in [3.8, 4) is 0 Å². The number of nitrogens with one attached hydrogen (secondary N) is 1. The molecule has 0 saturated carbocycles. The van der Waals surface area contributed by atoms with Gasteiger partial charge in [0, 0.05) is 39.0 Å². The van der Waals surface area contributed by atoms with E-state index in [0.717, 1.165) is 29.7 Å². The van der Waals surface area contributed by atoms with Gasteiger partial charge in [-0.25, -0.2) is 14.5 Å². The fourth-order valence-electron chi connectivity index (χ4n) is 3.55. The summed E-state index contributed by atoms with van der Waals surface area (Å²) in [5.41, 5.74) is 1.89. The first kappa shape index (κ1) is 16.6. The highest BCUT2D eigenvalue weighted by atomic mass is 16.2. The molecular weight excluding hydrogens is 332 g/mol. The Morgan fingerprint density at radius 2 is 2.15 bits per heavy atom. The Kier molecular flexibility index (Phi) is 4.32. The van der Waals surface area contributed by atoms with Crippen LogP contribution in [0, 0.1) is 0 Å². The molecule has 8 heteroatoms. The first-order valence-electron chi connectivity index (χ1n) is 8.94. The second kappa shape index (κ2) is 6.78. The van der Waals surface area contributed by atoms with Gasteiger partial charge in [0.15, 0.2) is 0 Å². The molecule has 1 unspecified atom stereocenters. The molecule has 1 aromatic carbocycles. The maximum absolute atomic E-state index is 12.4. The van der Waals surface area contributed by atoms with Crippen molar-refractivity contribution in [1.29, 1.82) is 0 Å². The minimum atomic E-state index is -0.0843. The Bertz CT molecular complexity index is 999. The first-order valence-corrected chi connectivity index (χ1v) is 8.94. The number of imidazole rings is 1. The van der Waals surface area contributed by atoms with Gasteiger partial charge in [0.2, 0.25) is 5.91 Å². The van der Waals surface area contributed by atoms with E-state index in [4.69, 9.17) is 0 Å². The van der Waals surface area contributed by atoms with Gasteiger partial charge in [-0.2, -0.15) is 5.10 Å². The lowest BCUT2D eigenvalue weighted by atomic mass is 10.1. The minimum Gasteiger partial charge on any atom is -0.353 e. The standard InChI is InChI=1S/C18H22N6O2/c1-22-18(26)24-11-8-13(6-7-16(24)21-22)20-17(25)9-10-23-12-19-14-4-2-3-5-15(14)23/h2-5,12-13H,6-11H2,1H3,(H,20,25). The monoisotopic (exact) mass is 354 g/mol. The van der Waals surface area contributed by atoms with Crippen molar-refractivity contribution >= 4 is 16.9 Å². The SMILES string of the molecule is Cn1nc2n(c1=O)CCC(NC(=O)CCn1cnc3ccccc31)CC2. The Morgan fingerprint density at radius 3 is 3.04 bits per heavy atom. The average molecular weight is 354 g/mol. The number of nitrogens with zero attached hydrogens (tertiary/aromatic N) is 5. The van der Waals surface area contributed by atoms with Crippen LogP contribution in [-0.2, 0) is 31.4 Å². The molecule has 1 N–H and O–H groups in total. The van der Waals surface area contributed by atoms with Crippen LogP contribution in [0.3, 0.4) is 0 Å². The van der Waals surface area contributed by atoms with E-state index in [1.165, 1.54) is 4.68 Å². The number of hydrogen-bond donors (Lipinski definition) is 1. The van der Waals surface area contributed by atoms with E-state index in [0.29, 0.717) is 25.9 Å². The zero-order chi connectivity index (χ0) is 18.1. The molecule has 136 valence electrons. The summed E-state index contributed by atoms with van der Waals surface area (Å²) in [6, 6.07) is 7.98. The van der Waals surface area contributed by atoms with Gasteiger partial charge in [0.05, 0.1) is 17.4 Å². The summed E-state index contributed by atoms with van der Waals surface area (Å²) in [5.74, 6) is 0.833. The van der Waals surface area contributed by atoms with Gasteiger partial charge in [-0.3, -0.25) is 9.36 Å². The molecular formula is C18H22N6O2. The minimum absolute atomic E-state index is 0.0280. The molecule has 1 aliphatic heterocycles. The van der Waals surface area contributed by atoms with Crippen LogP contribution < -0.4 is 11.0 Å². The highest BCUT2D eigenvalue weighted by Gasteiger charge is 2.21. The molecule has 0 aliphatic carbocycles. The molecule has 1 aliphatic rings. The average Bonchev–Trinajstić information content (AvgIpc) is 3.10. The van der Waals surface area contributed by atoms with Crippen LogP contribution in [0.2, 0.25) is 0 Å². The molecule has 8 nitrogen and oxygen atoms in total. The number of hydrogen-bond acceptors (Lipinski definition) is 4. The van der Waals surface area contributed by atoms with Crippen LogP contribution in [0.4, 0.5) is 0 Å². The van der Waals surface area contributed by atoms with Gasteiger partial charge in [-0.15, -0.1) is 0 Å². The number of aromatic nitrogens is 5. The van der Waals surface area contributed by atoms with Crippen LogP contribution in [0.25, 0.3) is 11.0 Å². The second-order valence-corrected chi connectivity index (χ2v) is 6.74. The lowest BCUT2D eigenvalue weighted by Gasteiger charge is -2.16. The number of amides is 1. The molecule has 2 aromatic heterocycles. The normalized spacial score (nSPS) is 17.0. The van der Waals surface area contributed by atoms with E-state index in [-0.39, 0.29) is 17.6 Å². The number of rotatable bonds is 4. The van der Waals surface area contributed by atoms with Crippen molar-refractivity contribution in [3.63, 3.8) is 0 Å². The van der Waals surface area contributed by atoms with E-state index in [1.807, 2.05) is 28.8 Å². The maximum atomic E-state index is 12.4. The van der Waals surface area contributed by atoms with Crippen molar-refractivity contribution in [2.24, 2.45) is 7.05 Å². The number of carbonyl (C=O) groups excluding carboxylic acids is 1. The third-order valence-electron chi connectivity index (χ3n) is 4.97. The number of carbonyl (C=O) groups is 1. The van der Waals surface area contributed by atoms with Gasteiger partial charge in [-0.1, -0.05) is 12.1 Å². The Morgan fingerprint density at radius 1 is 1.31 bits per heavy atom. The Hall–Kier alpha value is -2.90. The predicted molar refractivity (Wildman–Crippen MR) is 96.7 cm³/mol. The molecule has 0 saturated heterocycles. The fraction of sp³-hybridized carbons (Fsp3) is 0.444. The maximum Gasteiger partial charge on any atom is 0.345 e. The van der Waals surface area contributed by atoms with E-state index in [9.17, 15) is 9.59 Å². The van der Waals surface area contributed by atoms with Gasteiger partial charge in [0.25, 0.3) is 0 Å². The molecule has 3 heterocycles. The van der Waals surface area contributed by atoms with Crippen LogP contribution in [-0.4, -0.2) is 35.8 Å². The summed E-state index contributed by atoms with van der Waals surface area (Å²) in [5, 5.41) is 7.37. The summed E-state index contributed by atoms with van der Waals surface area (Å²) in [7, 11) is 1.67. The van der Waals surface area contributed by atoms with Gasteiger partial charge in [-0.05, 0) is 25.0 Å². The number of benzene rings is 1. The molecule has 0 bridgehead atoms. The zero-order valence-corrected chi connectivity index (χ0v) is 14.8. The van der Waals surface area contributed by atoms with Gasteiger partial charge < -0.3 is 9.88 Å². The number of fused-ring (bicyclic) bond motifs is 2. The van der Waals surface area contributed by atoms with E-state index >= 15 is 0 Å². The lowest BCUT2D eigenvalue weighted by molar-refractivity contribution is -0.122. The summed E-state index contributed by atoms with van der Waals surface area (Å²) >= 11 is 0. The fourth-order valence-corrected chi connectivity index (χ4v) is 3.55. The van der Waals surface area contributed by atoms with E-state index in [2.05, 4.69) is 15.4 Å². The van der Waals surface area contributed by atoms with Gasteiger partial charge in [0.1, 0.15) is 5.82 Å². The Labute approximate surface area is 150 Å². The first-order chi connectivity index (χ1) is 12.6. The quantitative estimate of drug-likeness (QED) is 0.752. The van der Waals surface area contributed by atoms with Gasteiger partial charge >= 0.3 is 5.69 Å². The van der Waals surface area contributed by atoms with E-state index < -0.39 is 0 Å². The molecule has 1 amide bonds. The summed E-state index contributed by atoms with van der Waals surface area (Å²) in [4.78, 5) is 28.7. The topological polar surface area (TPSA) is 86.7 Å². The molecule has 1 atom stereocenters. The van der Waals surface area contributed by atoms with E-state index in [1.54, 1.807) is 17.9 Å². The summed E-state index contributed by atoms with van der Waals surface area (Å²) in [6.45, 7) is 1.19. The largest absolute Gasteiger partial charge is 0.353 e. The number of para-hydroxylation sites is 2. The van der Waals surface area contributed by atoms with Crippen LogP contribution in [0.1, 0.15) is 25.1 Å². The predicted octanol–water partition coefficient (Wildman–Crippen LogP) is 0.843. The van der Waals surface area contributed by atoms with Crippen molar-refractivity contribution in [2.75, 3.05) is 0 Å². The molecule has 3 aromatic rings. The highest BCUT2D eigenvalue weighted by Crippen LogP contribution is 2.14. The molecule has 26 heavy (non-hydrogen) atoms. The van der Waals surface area contributed by atoms with Crippen molar-refractivity contribution in [1.82, 2.24) is 29.2 Å². The zero-order valence-electron chi connectivity index (χ0n) is 14.8. The van der Waals surface area contributed by atoms with Crippen molar-refractivity contribution < 1.29 is 4.79 Å². The second-order valence-electron chi connectivity index (χ2n) is 6.74. The Balaban J connectivity index is 1.33. The van der Waals surface area contributed by atoms with Crippen LogP contribution in [0.15, 0.2) is 35.4 Å². The highest BCUT2D eigenvalue weighted by molar-refractivity contribution is 5.77. The number of aryl methyl sites for hydroxylation is 3. The lowest BCUT2D eigenvalue weighted by Crippen LogP contribution is -2.36. The summed E-state index contributed by atoms with van der Waals surface area (Å²) in [6.07, 6.45) is 4.43. The molecule has 0 radical (unpaired) electrons. The van der Waals surface area contributed by atoms with Crippen molar-refractivity contribution in [3.05, 3.63) is 46.9 Å².